The van der Waals surface area contributed by atoms with Gasteiger partial charge in [-0.1, -0.05) is 28.4 Å². The predicted molar refractivity (Wildman–Crippen MR) is 72.7 cm³/mol. The number of alkyl halides is 3. The molecule has 0 amide bonds. The molecular formula is C12H5Cl2F3N4O. The van der Waals surface area contributed by atoms with Crippen molar-refractivity contribution in [2.75, 3.05) is 0 Å². The lowest BCUT2D eigenvalue weighted by Gasteiger charge is -2.12. The fraction of sp³-hybridized carbons (Fsp3) is 0.0833. The SMILES string of the molecule is N#Cc1nn(-c2c(Cl)cc(C(F)(F)F)cc2Cl)cc1C=NO. The van der Waals surface area contributed by atoms with Gasteiger partial charge in [-0.2, -0.15) is 23.5 Å². The normalized spacial score (nSPS) is 11.8. The molecule has 1 aromatic heterocycles. The summed E-state index contributed by atoms with van der Waals surface area (Å²) in [6.07, 6.45) is -2.39. The molecular weight excluding hydrogens is 344 g/mol. The third-order valence-electron chi connectivity index (χ3n) is 2.62. The Labute approximate surface area is 131 Å². The van der Waals surface area contributed by atoms with Crippen molar-refractivity contribution in [3.8, 4) is 11.8 Å². The second-order valence-corrected chi connectivity index (χ2v) is 4.83. The monoisotopic (exact) mass is 348 g/mol. The number of hydrogen-bond donors (Lipinski definition) is 1. The van der Waals surface area contributed by atoms with Gasteiger partial charge in [0.15, 0.2) is 5.69 Å². The van der Waals surface area contributed by atoms with E-state index in [1.807, 2.05) is 0 Å². The summed E-state index contributed by atoms with van der Waals surface area (Å²) in [6, 6.07) is 3.15. The average Bonchev–Trinajstić information content (AvgIpc) is 2.80. The van der Waals surface area contributed by atoms with Gasteiger partial charge in [-0.3, -0.25) is 0 Å². The van der Waals surface area contributed by atoms with Gasteiger partial charge in [0.2, 0.25) is 0 Å². The van der Waals surface area contributed by atoms with E-state index in [1.165, 1.54) is 6.20 Å². The zero-order chi connectivity index (χ0) is 16.5. The van der Waals surface area contributed by atoms with E-state index < -0.39 is 11.7 Å². The summed E-state index contributed by atoms with van der Waals surface area (Å²) in [6.45, 7) is 0. The number of aromatic nitrogens is 2. The molecule has 1 N–H and O–H groups in total. The molecule has 0 saturated heterocycles. The van der Waals surface area contributed by atoms with Gasteiger partial charge >= 0.3 is 6.18 Å². The maximum atomic E-state index is 12.7. The van der Waals surface area contributed by atoms with Gasteiger partial charge in [0.25, 0.3) is 0 Å². The second-order valence-electron chi connectivity index (χ2n) is 4.02. The Morgan fingerprint density at radius 1 is 1.32 bits per heavy atom. The van der Waals surface area contributed by atoms with Gasteiger partial charge < -0.3 is 5.21 Å². The van der Waals surface area contributed by atoms with Crippen LogP contribution >= 0.6 is 23.2 Å². The molecule has 0 aliphatic rings. The third kappa shape index (κ3) is 3.00. The summed E-state index contributed by atoms with van der Waals surface area (Å²) in [5.74, 6) is 0. The van der Waals surface area contributed by atoms with Gasteiger partial charge in [0.1, 0.15) is 11.8 Å². The average molecular weight is 349 g/mol. The lowest BCUT2D eigenvalue weighted by molar-refractivity contribution is -0.137. The fourth-order valence-corrected chi connectivity index (χ4v) is 2.35. The molecule has 0 unspecified atom stereocenters. The first-order chi connectivity index (χ1) is 10.3. The lowest BCUT2D eigenvalue weighted by atomic mass is 10.2. The molecule has 1 aromatic carbocycles. The molecule has 0 atom stereocenters. The zero-order valence-corrected chi connectivity index (χ0v) is 11.9. The fourth-order valence-electron chi connectivity index (χ4n) is 1.69. The second kappa shape index (κ2) is 5.87. The van der Waals surface area contributed by atoms with Crippen molar-refractivity contribution in [3.63, 3.8) is 0 Å². The molecule has 0 spiro atoms. The van der Waals surface area contributed by atoms with Crippen LogP contribution < -0.4 is 0 Å². The summed E-state index contributed by atoms with van der Waals surface area (Å²) in [5, 5.41) is 23.4. The maximum Gasteiger partial charge on any atom is 0.416 e. The molecule has 0 saturated carbocycles. The highest BCUT2D eigenvalue weighted by Gasteiger charge is 2.32. The van der Waals surface area contributed by atoms with Crippen LogP contribution in [0, 0.1) is 11.3 Å². The van der Waals surface area contributed by atoms with E-state index in [2.05, 4.69) is 10.3 Å². The van der Waals surface area contributed by atoms with Crippen LogP contribution in [0.3, 0.4) is 0 Å². The Morgan fingerprint density at radius 2 is 1.91 bits per heavy atom. The number of nitrogens with zero attached hydrogens (tertiary/aromatic N) is 4. The first kappa shape index (κ1) is 16.1. The highest BCUT2D eigenvalue weighted by molar-refractivity contribution is 6.37. The van der Waals surface area contributed by atoms with E-state index in [-0.39, 0.29) is 27.0 Å². The Hall–Kier alpha value is -2.24. The van der Waals surface area contributed by atoms with Crippen LogP contribution in [0.25, 0.3) is 5.69 Å². The first-order valence-electron chi connectivity index (χ1n) is 5.51. The van der Waals surface area contributed by atoms with Gasteiger partial charge in [-0.25, -0.2) is 4.68 Å². The Bertz CT molecular complexity index is 770. The standard InChI is InChI=1S/C12H5Cl2F3N4O/c13-8-1-7(12(15,16)17)2-9(14)11(8)21-5-6(4-19-22)10(3-18)20-21/h1-2,4-5,22H. The molecule has 10 heteroatoms. The molecule has 2 aromatic rings. The minimum atomic E-state index is -4.59. The molecule has 0 bridgehead atoms. The highest BCUT2D eigenvalue weighted by Crippen LogP contribution is 2.37. The van der Waals surface area contributed by atoms with Crippen molar-refractivity contribution in [1.29, 1.82) is 5.26 Å². The molecule has 114 valence electrons. The van der Waals surface area contributed by atoms with Crippen molar-refractivity contribution in [2.45, 2.75) is 6.18 Å². The van der Waals surface area contributed by atoms with E-state index >= 15 is 0 Å². The van der Waals surface area contributed by atoms with E-state index in [4.69, 9.17) is 33.7 Å². The Kier molecular flexibility index (Phi) is 4.30. The molecule has 22 heavy (non-hydrogen) atoms. The molecule has 0 fully saturated rings. The van der Waals surface area contributed by atoms with Crippen LogP contribution in [-0.4, -0.2) is 21.2 Å². The number of rotatable bonds is 2. The van der Waals surface area contributed by atoms with Crippen LogP contribution in [0.1, 0.15) is 16.8 Å². The molecule has 0 aliphatic heterocycles. The van der Waals surface area contributed by atoms with Gasteiger partial charge in [0, 0.05) is 6.20 Å². The van der Waals surface area contributed by atoms with Gasteiger partial charge in [0.05, 0.1) is 27.4 Å². The minimum absolute atomic E-state index is 0.0228. The van der Waals surface area contributed by atoms with Crippen LogP contribution in [0.5, 0.6) is 0 Å². The summed E-state index contributed by atoms with van der Waals surface area (Å²) < 4.78 is 39.1. The summed E-state index contributed by atoms with van der Waals surface area (Å²) in [5.41, 5.74) is -0.983. The van der Waals surface area contributed by atoms with Crippen LogP contribution in [-0.2, 0) is 6.18 Å². The number of benzene rings is 1. The van der Waals surface area contributed by atoms with Crippen molar-refractivity contribution in [3.05, 3.63) is 45.2 Å². The Balaban J connectivity index is 2.62. The number of oxime groups is 1. The molecule has 0 radical (unpaired) electrons. The summed E-state index contributed by atoms with van der Waals surface area (Å²) in [7, 11) is 0. The van der Waals surface area contributed by atoms with Crippen molar-refractivity contribution >= 4 is 29.4 Å². The number of halogens is 5. The Morgan fingerprint density at radius 3 is 2.36 bits per heavy atom. The van der Waals surface area contributed by atoms with Crippen molar-refractivity contribution in [2.24, 2.45) is 5.16 Å². The lowest BCUT2D eigenvalue weighted by Crippen LogP contribution is -2.07. The van der Waals surface area contributed by atoms with E-state index in [0.29, 0.717) is 12.1 Å². The number of hydrogen-bond acceptors (Lipinski definition) is 4. The first-order valence-corrected chi connectivity index (χ1v) is 6.27. The third-order valence-corrected chi connectivity index (χ3v) is 3.19. The topological polar surface area (TPSA) is 74.2 Å². The quantitative estimate of drug-likeness (QED) is 0.508. The predicted octanol–water partition coefficient (Wildman–Crippen LogP) is 3.88. The van der Waals surface area contributed by atoms with E-state index in [0.717, 1.165) is 10.9 Å². The minimum Gasteiger partial charge on any atom is -0.411 e. The molecule has 5 nitrogen and oxygen atoms in total. The molecule has 0 aliphatic carbocycles. The van der Waals surface area contributed by atoms with Crippen LogP contribution in [0.2, 0.25) is 10.0 Å². The highest BCUT2D eigenvalue weighted by atomic mass is 35.5. The smallest absolute Gasteiger partial charge is 0.411 e. The largest absolute Gasteiger partial charge is 0.416 e. The van der Waals surface area contributed by atoms with Crippen LogP contribution in [0.4, 0.5) is 13.2 Å². The van der Waals surface area contributed by atoms with E-state index in [9.17, 15) is 13.2 Å². The molecule has 2 rings (SSSR count). The molecule has 1 heterocycles. The zero-order valence-electron chi connectivity index (χ0n) is 10.4. The van der Waals surface area contributed by atoms with Gasteiger partial charge in [-0.15, -0.1) is 0 Å². The number of nitriles is 1. The van der Waals surface area contributed by atoms with E-state index in [1.54, 1.807) is 6.07 Å². The summed E-state index contributed by atoms with van der Waals surface area (Å²) in [4.78, 5) is 0. The van der Waals surface area contributed by atoms with Crippen molar-refractivity contribution < 1.29 is 18.4 Å². The van der Waals surface area contributed by atoms with Crippen LogP contribution in [0.15, 0.2) is 23.5 Å². The van der Waals surface area contributed by atoms with Gasteiger partial charge in [-0.05, 0) is 12.1 Å². The summed E-state index contributed by atoms with van der Waals surface area (Å²) >= 11 is 11.7. The maximum absolute atomic E-state index is 12.7. The van der Waals surface area contributed by atoms with Crippen molar-refractivity contribution in [1.82, 2.24) is 9.78 Å².